The number of hydrogen-bond donors (Lipinski definition) is 1. The van der Waals surface area contributed by atoms with Crippen LogP contribution in [0.1, 0.15) is 51.2 Å². The van der Waals surface area contributed by atoms with Crippen LogP contribution >= 0.6 is 0 Å². The summed E-state index contributed by atoms with van der Waals surface area (Å²) >= 11 is 0. The number of carboxylic acid groups (broad SMARTS) is 1. The van der Waals surface area contributed by atoms with Gasteiger partial charge in [0, 0.05) is 37.8 Å². The predicted octanol–water partition coefficient (Wildman–Crippen LogP) is 4.52. The highest BCUT2D eigenvalue weighted by molar-refractivity contribution is 5.69. The van der Waals surface area contributed by atoms with E-state index in [0.29, 0.717) is 25.4 Å². The van der Waals surface area contributed by atoms with Gasteiger partial charge in [0.2, 0.25) is 0 Å². The van der Waals surface area contributed by atoms with Crippen molar-refractivity contribution in [3.63, 3.8) is 0 Å². The van der Waals surface area contributed by atoms with Crippen molar-refractivity contribution in [1.29, 1.82) is 0 Å². The Morgan fingerprint density at radius 1 is 1.23 bits per heavy atom. The first-order chi connectivity index (χ1) is 14.6. The van der Waals surface area contributed by atoms with Crippen molar-refractivity contribution in [1.82, 2.24) is 14.7 Å². The van der Waals surface area contributed by atoms with Gasteiger partial charge in [-0.25, -0.2) is 4.79 Å². The SMILES string of the molecule is Cc1cc(CCC(=O)O)ccc1-c1cnn(CC2CCN(C(=O)OC(C)(C)C)CC2)c1. The molecule has 2 aromatic rings. The number of hydrogen-bond acceptors (Lipinski definition) is 4. The van der Waals surface area contributed by atoms with E-state index in [9.17, 15) is 9.59 Å². The lowest BCUT2D eigenvalue weighted by atomic mass is 9.97. The summed E-state index contributed by atoms with van der Waals surface area (Å²) in [4.78, 5) is 24.8. The highest BCUT2D eigenvalue weighted by Crippen LogP contribution is 2.26. The van der Waals surface area contributed by atoms with Crippen molar-refractivity contribution in [3.8, 4) is 11.1 Å². The topological polar surface area (TPSA) is 84.7 Å². The molecule has 0 radical (unpaired) electrons. The highest BCUT2D eigenvalue weighted by Gasteiger charge is 2.27. The van der Waals surface area contributed by atoms with Crippen molar-refractivity contribution in [3.05, 3.63) is 41.7 Å². The van der Waals surface area contributed by atoms with Gasteiger partial charge in [-0.15, -0.1) is 0 Å². The molecule has 1 amide bonds. The van der Waals surface area contributed by atoms with E-state index in [1.807, 2.05) is 50.7 Å². The maximum Gasteiger partial charge on any atom is 0.410 e. The molecule has 0 aliphatic carbocycles. The summed E-state index contributed by atoms with van der Waals surface area (Å²) in [5.74, 6) is -0.300. The Hall–Kier alpha value is -2.83. The quantitative estimate of drug-likeness (QED) is 0.732. The summed E-state index contributed by atoms with van der Waals surface area (Å²) < 4.78 is 7.46. The molecule has 1 saturated heterocycles. The monoisotopic (exact) mass is 427 g/mol. The van der Waals surface area contributed by atoms with Crippen LogP contribution in [-0.4, -0.2) is 50.5 Å². The molecule has 1 aromatic heterocycles. The minimum atomic E-state index is -0.778. The van der Waals surface area contributed by atoms with Gasteiger partial charge in [0.1, 0.15) is 5.60 Å². The molecular weight excluding hydrogens is 394 g/mol. The second-order valence-corrected chi connectivity index (χ2v) is 9.40. The van der Waals surface area contributed by atoms with Gasteiger partial charge >= 0.3 is 12.1 Å². The van der Waals surface area contributed by atoms with Crippen molar-refractivity contribution in [2.75, 3.05) is 13.1 Å². The molecule has 7 nitrogen and oxygen atoms in total. The largest absolute Gasteiger partial charge is 0.481 e. The Labute approximate surface area is 184 Å². The number of ether oxygens (including phenoxy) is 1. The van der Waals surface area contributed by atoms with Crippen LogP contribution in [0.4, 0.5) is 4.79 Å². The van der Waals surface area contributed by atoms with Gasteiger partial charge < -0.3 is 14.7 Å². The van der Waals surface area contributed by atoms with E-state index < -0.39 is 11.6 Å². The Kier molecular flexibility index (Phi) is 7.03. The van der Waals surface area contributed by atoms with E-state index in [1.165, 1.54) is 0 Å². The van der Waals surface area contributed by atoms with Crippen molar-refractivity contribution in [2.24, 2.45) is 5.92 Å². The van der Waals surface area contributed by atoms with E-state index in [0.717, 1.165) is 41.6 Å². The molecule has 1 N–H and O–H groups in total. The van der Waals surface area contributed by atoms with Crippen LogP contribution in [0.5, 0.6) is 0 Å². The number of aryl methyl sites for hydroxylation is 2. The number of piperidine rings is 1. The standard InChI is InChI=1S/C24H33N3O4/c1-17-13-18(6-8-22(28)29)5-7-21(17)20-14-25-27(16-20)15-19-9-11-26(12-10-19)23(30)31-24(2,3)4/h5,7,13-14,16,19H,6,8-12,15H2,1-4H3,(H,28,29). The summed E-state index contributed by atoms with van der Waals surface area (Å²) in [6, 6.07) is 6.10. The zero-order valence-corrected chi connectivity index (χ0v) is 18.9. The van der Waals surface area contributed by atoms with Crippen molar-refractivity contribution in [2.45, 2.75) is 65.5 Å². The molecule has 2 heterocycles. The van der Waals surface area contributed by atoms with E-state index >= 15 is 0 Å². The van der Waals surface area contributed by atoms with E-state index in [2.05, 4.69) is 17.4 Å². The number of carbonyl (C=O) groups is 2. The number of aliphatic carboxylic acids is 1. The molecule has 168 valence electrons. The molecule has 0 unspecified atom stereocenters. The first-order valence-corrected chi connectivity index (χ1v) is 10.9. The number of aromatic nitrogens is 2. The average Bonchev–Trinajstić information content (AvgIpc) is 3.13. The molecule has 1 fully saturated rings. The number of amides is 1. The Morgan fingerprint density at radius 3 is 2.55 bits per heavy atom. The Balaban J connectivity index is 1.55. The number of rotatable bonds is 6. The lowest BCUT2D eigenvalue weighted by Crippen LogP contribution is -2.42. The van der Waals surface area contributed by atoms with Crippen LogP contribution in [0, 0.1) is 12.8 Å². The highest BCUT2D eigenvalue weighted by atomic mass is 16.6. The van der Waals surface area contributed by atoms with E-state index in [-0.39, 0.29) is 12.5 Å². The van der Waals surface area contributed by atoms with Crippen LogP contribution < -0.4 is 0 Å². The molecule has 1 aliphatic heterocycles. The minimum absolute atomic E-state index is 0.142. The van der Waals surface area contributed by atoms with Crippen LogP contribution in [0.15, 0.2) is 30.6 Å². The molecule has 31 heavy (non-hydrogen) atoms. The molecular formula is C24H33N3O4. The summed E-state index contributed by atoms with van der Waals surface area (Å²) in [6.45, 7) is 9.96. The molecule has 7 heteroatoms. The maximum absolute atomic E-state index is 12.2. The number of likely N-dealkylation sites (tertiary alicyclic amines) is 1. The van der Waals surface area contributed by atoms with E-state index in [4.69, 9.17) is 9.84 Å². The second-order valence-electron chi connectivity index (χ2n) is 9.40. The fraction of sp³-hybridized carbons (Fsp3) is 0.542. The fourth-order valence-corrected chi connectivity index (χ4v) is 3.95. The third kappa shape index (κ3) is 6.57. The van der Waals surface area contributed by atoms with Gasteiger partial charge in [0.15, 0.2) is 0 Å². The molecule has 1 aromatic carbocycles. The minimum Gasteiger partial charge on any atom is -0.481 e. The van der Waals surface area contributed by atoms with Gasteiger partial charge in [0.05, 0.1) is 6.20 Å². The first-order valence-electron chi connectivity index (χ1n) is 10.9. The Morgan fingerprint density at radius 2 is 1.94 bits per heavy atom. The maximum atomic E-state index is 12.2. The molecule has 3 rings (SSSR count). The lowest BCUT2D eigenvalue weighted by Gasteiger charge is -2.33. The summed E-state index contributed by atoms with van der Waals surface area (Å²) in [6.07, 6.45) is 6.28. The van der Waals surface area contributed by atoms with Gasteiger partial charge in [-0.05, 0) is 69.6 Å². The van der Waals surface area contributed by atoms with Crippen LogP contribution in [0.2, 0.25) is 0 Å². The fourth-order valence-electron chi connectivity index (χ4n) is 3.95. The van der Waals surface area contributed by atoms with Gasteiger partial charge in [0.25, 0.3) is 0 Å². The third-order valence-electron chi connectivity index (χ3n) is 5.57. The molecule has 1 aliphatic rings. The molecule has 0 spiro atoms. The first kappa shape index (κ1) is 22.8. The number of benzene rings is 1. The molecule has 0 saturated carbocycles. The zero-order valence-electron chi connectivity index (χ0n) is 18.9. The van der Waals surface area contributed by atoms with Crippen LogP contribution in [0.3, 0.4) is 0 Å². The molecule has 0 atom stereocenters. The van der Waals surface area contributed by atoms with Crippen LogP contribution in [-0.2, 0) is 22.5 Å². The number of carbonyl (C=O) groups excluding carboxylic acids is 1. The Bertz CT molecular complexity index is 921. The van der Waals surface area contributed by atoms with Crippen molar-refractivity contribution >= 4 is 12.1 Å². The van der Waals surface area contributed by atoms with Gasteiger partial charge in [-0.3, -0.25) is 9.48 Å². The number of carboxylic acids is 1. The molecule has 0 bridgehead atoms. The lowest BCUT2D eigenvalue weighted by molar-refractivity contribution is -0.136. The van der Waals surface area contributed by atoms with Gasteiger partial charge in [-0.2, -0.15) is 5.10 Å². The smallest absolute Gasteiger partial charge is 0.410 e. The number of nitrogens with zero attached hydrogens (tertiary/aromatic N) is 3. The zero-order chi connectivity index (χ0) is 22.6. The van der Waals surface area contributed by atoms with Crippen molar-refractivity contribution < 1.29 is 19.4 Å². The summed E-state index contributed by atoms with van der Waals surface area (Å²) in [7, 11) is 0. The summed E-state index contributed by atoms with van der Waals surface area (Å²) in [5, 5.41) is 13.4. The van der Waals surface area contributed by atoms with E-state index in [1.54, 1.807) is 4.90 Å². The second kappa shape index (κ2) is 9.54. The van der Waals surface area contributed by atoms with Gasteiger partial charge in [-0.1, -0.05) is 18.2 Å². The third-order valence-corrected chi connectivity index (χ3v) is 5.57. The van der Waals surface area contributed by atoms with Crippen LogP contribution in [0.25, 0.3) is 11.1 Å². The predicted molar refractivity (Wildman–Crippen MR) is 119 cm³/mol. The normalized spacial score (nSPS) is 15.2. The summed E-state index contributed by atoms with van der Waals surface area (Å²) in [5.41, 5.74) is 3.87. The average molecular weight is 428 g/mol.